The van der Waals surface area contributed by atoms with Gasteiger partial charge in [-0.05, 0) is 50.5 Å². The van der Waals surface area contributed by atoms with Crippen LogP contribution < -0.4 is 10.5 Å². The van der Waals surface area contributed by atoms with Crippen molar-refractivity contribution in [3.05, 3.63) is 79.9 Å². The number of halogens is 4. The van der Waals surface area contributed by atoms with Gasteiger partial charge >= 0.3 is 12.1 Å². The second-order valence-electron chi connectivity index (χ2n) is 12.7. The van der Waals surface area contributed by atoms with Gasteiger partial charge in [0.05, 0.1) is 45.3 Å². The van der Waals surface area contributed by atoms with E-state index in [9.17, 15) is 33.1 Å². The number of piperidine rings is 1. The van der Waals surface area contributed by atoms with Gasteiger partial charge in [0.15, 0.2) is 0 Å². The number of nitrogens with zero attached hydrogens (tertiary/aromatic N) is 7. The molecule has 0 unspecified atom stereocenters. The van der Waals surface area contributed by atoms with Crippen LogP contribution in [0.3, 0.4) is 0 Å². The summed E-state index contributed by atoms with van der Waals surface area (Å²) in [6.45, 7) is 2.64. The minimum Gasteiger partial charge on any atom is -0.478 e. The standard InChI is InChI=1S/C36H29ClF3N7O3S/c1-19-44-28-17-43-33(45(2)22-8-12-46(13-9-22)29-15-27(29)36(38,39)40)25(16-41)30(28)34(48)47(19)11-3-4-20-5-6-21(37)14-24(20)23-7-10-42-31-26(35(49)50)18-51-32(23)31/h5-7,10,14,17-18,22,27,29H,8-9,11-13,15H2,1-2H3,(H,49,50)/t27-,29-/m0/s1. The molecular weight excluding hydrogens is 703 g/mol. The van der Waals surface area contributed by atoms with E-state index in [1.807, 2.05) is 9.80 Å². The normalized spacial score (nSPS) is 18.0. The lowest BCUT2D eigenvalue weighted by Gasteiger charge is -2.38. The van der Waals surface area contributed by atoms with E-state index in [0.717, 1.165) is 5.56 Å². The molecule has 5 aromatic rings. The van der Waals surface area contributed by atoms with Crippen molar-refractivity contribution in [2.75, 3.05) is 25.0 Å². The van der Waals surface area contributed by atoms with Crippen molar-refractivity contribution >= 4 is 55.8 Å². The second kappa shape index (κ2) is 13.3. The number of carboxylic acid groups (broad SMARTS) is 1. The summed E-state index contributed by atoms with van der Waals surface area (Å²) in [5, 5.41) is 22.0. The molecule has 51 heavy (non-hydrogen) atoms. The molecule has 2 fully saturated rings. The zero-order valence-corrected chi connectivity index (χ0v) is 28.9. The lowest BCUT2D eigenvalue weighted by molar-refractivity contribution is -0.152. The Balaban J connectivity index is 1.17. The van der Waals surface area contributed by atoms with Gasteiger partial charge < -0.3 is 10.0 Å². The number of alkyl halides is 3. The quantitative estimate of drug-likeness (QED) is 0.195. The number of rotatable bonds is 6. The summed E-state index contributed by atoms with van der Waals surface area (Å²) in [7, 11) is 1.79. The molecular formula is C36H29ClF3N7O3S. The smallest absolute Gasteiger partial charge is 0.393 e. The maximum Gasteiger partial charge on any atom is 0.393 e. The molecule has 1 aromatic carbocycles. The van der Waals surface area contributed by atoms with Crippen LogP contribution in [0.25, 0.3) is 32.2 Å². The molecule has 2 atom stereocenters. The van der Waals surface area contributed by atoms with Crippen molar-refractivity contribution in [3.8, 4) is 29.0 Å². The number of hydrogen-bond donors (Lipinski definition) is 1. The van der Waals surface area contributed by atoms with Crippen LogP contribution in [-0.2, 0) is 6.54 Å². The molecule has 0 radical (unpaired) electrons. The SMILES string of the molecule is Cc1nc2cnc(N(C)C3CCN([C@H]4C[C@@H]4C(F)(F)F)CC3)c(C#N)c2c(=O)n1CC#Cc1ccc(Cl)cc1-c1ccnc2c(C(=O)O)csc12. The van der Waals surface area contributed by atoms with E-state index in [2.05, 4.69) is 32.9 Å². The predicted octanol–water partition coefficient (Wildman–Crippen LogP) is 6.50. The van der Waals surface area contributed by atoms with Crippen LogP contribution in [0.4, 0.5) is 19.0 Å². The van der Waals surface area contributed by atoms with E-state index >= 15 is 0 Å². The molecule has 1 saturated carbocycles. The predicted molar refractivity (Wildman–Crippen MR) is 188 cm³/mol. The van der Waals surface area contributed by atoms with Crippen molar-refractivity contribution in [1.82, 2.24) is 24.4 Å². The number of anilines is 1. The molecule has 7 rings (SSSR count). The van der Waals surface area contributed by atoms with Crippen LogP contribution in [0.5, 0.6) is 0 Å². The van der Waals surface area contributed by atoms with Gasteiger partial charge in [-0.3, -0.25) is 19.2 Å². The van der Waals surface area contributed by atoms with Crippen LogP contribution >= 0.6 is 22.9 Å². The van der Waals surface area contributed by atoms with E-state index in [1.165, 1.54) is 28.3 Å². The first-order valence-corrected chi connectivity index (χ1v) is 17.3. The Morgan fingerprint density at radius 2 is 1.96 bits per heavy atom. The highest BCUT2D eigenvalue weighted by atomic mass is 35.5. The van der Waals surface area contributed by atoms with Crippen molar-refractivity contribution in [2.24, 2.45) is 5.92 Å². The summed E-state index contributed by atoms with van der Waals surface area (Å²) < 4.78 is 41.5. The largest absolute Gasteiger partial charge is 0.478 e. The fourth-order valence-electron chi connectivity index (χ4n) is 6.94. The monoisotopic (exact) mass is 731 g/mol. The highest BCUT2D eigenvalue weighted by Gasteiger charge is 2.58. The molecule has 0 bridgehead atoms. The fourth-order valence-corrected chi connectivity index (χ4v) is 8.14. The summed E-state index contributed by atoms with van der Waals surface area (Å²) in [6.07, 6.45) is 0.159. The summed E-state index contributed by atoms with van der Waals surface area (Å²) in [4.78, 5) is 42.8. The van der Waals surface area contributed by atoms with E-state index < -0.39 is 29.7 Å². The maximum absolute atomic E-state index is 14.0. The number of aromatic nitrogens is 4. The number of thiophene rings is 1. The maximum atomic E-state index is 14.0. The van der Waals surface area contributed by atoms with Crippen LogP contribution in [0.2, 0.25) is 5.02 Å². The lowest BCUT2D eigenvalue weighted by Crippen LogP contribution is -2.45. The number of fused-ring (bicyclic) bond motifs is 2. The lowest BCUT2D eigenvalue weighted by atomic mass is 10.00. The van der Waals surface area contributed by atoms with Gasteiger partial charge in [0, 0.05) is 65.5 Å². The molecule has 5 heterocycles. The molecule has 0 amide bonds. The third-order valence-electron chi connectivity index (χ3n) is 9.73. The Hall–Kier alpha value is -5.02. The highest BCUT2D eigenvalue weighted by Crippen LogP contribution is 2.48. The van der Waals surface area contributed by atoms with Gasteiger partial charge in [-0.15, -0.1) is 11.3 Å². The van der Waals surface area contributed by atoms with E-state index in [4.69, 9.17) is 11.6 Å². The number of hydrogen-bond acceptors (Lipinski definition) is 9. The number of benzene rings is 1. The van der Waals surface area contributed by atoms with Gasteiger partial charge in [-0.25, -0.2) is 14.8 Å². The molecule has 15 heteroatoms. The number of pyridine rings is 2. The number of aromatic carboxylic acids is 1. The number of aryl methyl sites for hydroxylation is 1. The minimum absolute atomic E-state index is 0.0412. The van der Waals surface area contributed by atoms with Crippen molar-refractivity contribution < 1.29 is 23.1 Å². The fraction of sp³-hybridized carbons (Fsp3) is 0.333. The summed E-state index contributed by atoms with van der Waals surface area (Å²) >= 11 is 7.63. The van der Waals surface area contributed by atoms with Gasteiger partial charge in [0.1, 0.15) is 23.3 Å². The van der Waals surface area contributed by atoms with Crippen molar-refractivity contribution in [3.63, 3.8) is 0 Å². The molecule has 1 aliphatic heterocycles. The number of likely N-dealkylation sites (tertiary alicyclic amines) is 1. The molecule has 1 aliphatic carbocycles. The molecule has 10 nitrogen and oxygen atoms in total. The molecule has 1 N–H and O–H groups in total. The van der Waals surface area contributed by atoms with E-state index in [0.29, 0.717) is 63.9 Å². The van der Waals surface area contributed by atoms with Gasteiger partial charge in [-0.2, -0.15) is 18.4 Å². The summed E-state index contributed by atoms with van der Waals surface area (Å²) in [5.74, 6) is 4.56. The molecule has 2 aliphatic rings. The highest BCUT2D eigenvalue weighted by molar-refractivity contribution is 7.18. The van der Waals surface area contributed by atoms with Gasteiger partial charge in [-0.1, -0.05) is 23.4 Å². The Bertz CT molecular complexity index is 2390. The Morgan fingerprint density at radius 1 is 1.20 bits per heavy atom. The van der Waals surface area contributed by atoms with E-state index in [-0.39, 0.29) is 41.0 Å². The van der Waals surface area contributed by atoms with Crippen molar-refractivity contribution in [2.45, 2.75) is 51.0 Å². The number of nitriles is 1. The average molecular weight is 732 g/mol. The van der Waals surface area contributed by atoms with Crippen LogP contribution in [0.15, 0.2) is 46.8 Å². The third kappa shape index (κ3) is 6.40. The third-order valence-corrected chi connectivity index (χ3v) is 11.0. The van der Waals surface area contributed by atoms with E-state index in [1.54, 1.807) is 43.6 Å². The Labute approximate surface area is 298 Å². The molecule has 1 saturated heterocycles. The Kier molecular flexibility index (Phi) is 8.96. The first-order valence-electron chi connectivity index (χ1n) is 16.1. The number of carboxylic acids is 1. The first-order chi connectivity index (χ1) is 24.4. The van der Waals surface area contributed by atoms with Crippen molar-refractivity contribution in [1.29, 1.82) is 5.26 Å². The second-order valence-corrected chi connectivity index (χ2v) is 14.0. The zero-order chi connectivity index (χ0) is 36.2. The minimum atomic E-state index is -4.18. The van der Waals surface area contributed by atoms with Crippen LogP contribution in [-0.4, -0.2) is 73.9 Å². The summed E-state index contributed by atoms with van der Waals surface area (Å²) in [5.41, 5.74) is 2.37. The van der Waals surface area contributed by atoms with Crippen LogP contribution in [0.1, 0.15) is 46.6 Å². The Morgan fingerprint density at radius 3 is 2.65 bits per heavy atom. The zero-order valence-electron chi connectivity index (χ0n) is 27.3. The average Bonchev–Trinajstić information content (AvgIpc) is 3.81. The summed E-state index contributed by atoms with van der Waals surface area (Å²) in [6, 6.07) is 8.58. The molecule has 260 valence electrons. The molecule has 0 spiro atoms. The van der Waals surface area contributed by atoms with Gasteiger partial charge in [0.25, 0.3) is 5.56 Å². The first kappa shape index (κ1) is 34.4. The van der Waals surface area contributed by atoms with Gasteiger partial charge in [0.2, 0.25) is 0 Å². The topological polar surface area (TPSA) is 128 Å². The van der Waals surface area contributed by atoms with Crippen LogP contribution in [0, 0.1) is 36.0 Å². The number of carbonyl (C=O) groups is 1. The molecule has 4 aromatic heterocycles.